The van der Waals surface area contributed by atoms with E-state index < -0.39 is 5.97 Å². The number of nitrogens with one attached hydrogen (secondary N) is 1. The van der Waals surface area contributed by atoms with Crippen molar-refractivity contribution in [1.82, 2.24) is 4.73 Å². The summed E-state index contributed by atoms with van der Waals surface area (Å²) in [7, 11) is 0. The number of hydrogen-bond donors (Lipinski definition) is 2. The van der Waals surface area contributed by atoms with Gasteiger partial charge in [0, 0.05) is 23.7 Å². The molecule has 0 aliphatic carbocycles. The van der Waals surface area contributed by atoms with E-state index in [-0.39, 0.29) is 6.42 Å². The average Bonchev–Trinajstić information content (AvgIpc) is 2.98. The van der Waals surface area contributed by atoms with E-state index in [4.69, 9.17) is 14.1 Å². The van der Waals surface area contributed by atoms with Gasteiger partial charge in [-0.1, -0.05) is 18.2 Å². The minimum Gasteiger partial charge on any atom is -0.494 e. The number of hydrogen-bond acceptors (Lipinski definition) is 5. The molecule has 0 saturated carbocycles. The van der Waals surface area contributed by atoms with Crippen LogP contribution in [0.1, 0.15) is 18.9 Å². The molecule has 0 spiro atoms. The Bertz CT molecular complexity index is 880. The van der Waals surface area contributed by atoms with Gasteiger partial charge < -0.3 is 14.1 Å². The molecule has 0 fully saturated rings. The van der Waals surface area contributed by atoms with Gasteiger partial charge in [-0.15, -0.1) is 0 Å². The summed E-state index contributed by atoms with van der Waals surface area (Å²) in [5, 5.41) is 9.91. The van der Waals surface area contributed by atoms with E-state index in [9.17, 15) is 4.79 Å². The lowest BCUT2D eigenvalue weighted by Crippen LogP contribution is -2.05. The molecule has 2 aromatic carbocycles. The van der Waals surface area contributed by atoms with Crippen LogP contribution in [-0.4, -0.2) is 22.4 Å². The maximum absolute atomic E-state index is 10.9. The van der Waals surface area contributed by atoms with E-state index in [1.807, 2.05) is 61.7 Å². The molecule has 136 valence electrons. The van der Waals surface area contributed by atoms with Crippen LogP contribution in [0.2, 0.25) is 0 Å². The summed E-state index contributed by atoms with van der Waals surface area (Å²) in [5.41, 5.74) is 2.69. The Kier molecular flexibility index (Phi) is 5.91. The van der Waals surface area contributed by atoms with Gasteiger partial charge in [-0.2, -0.15) is 4.73 Å². The predicted octanol–water partition coefficient (Wildman–Crippen LogP) is 4.16. The first-order chi connectivity index (χ1) is 12.7. The number of aromatic nitrogens is 1. The van der Waals surface area contributed by atoms with Crippen molar-refractivity contribution in [3.63, 3.8) is 0 Å². The number of carboxylic acid groups (broad SMARTS) is 1. The lowest BCUT2D eigenvalue weighted by atomic mass is 10.1. The van der Waals surface area contributed by atoms with Gasteiger partial charge in [0.1, 0.15) is 5.75 Å². The Morgan fingerprint density at radius 2 is 2.04 bits per heavy atom. The summed E-state index contributed by atoms with van der Waals surface area (Å²) in [6.07, 6.45) is 2.31. The van der Waals surface area contributed by atoms with E-state index >= 15 is 0 Å². The fourth-order valence-electron chi connectivity index (χ4n) is 2.62. The van der Waals surface area contributed by atoms with Crippen LogP contribution in [0.3, 0.4) is 0 Å². The van der Waals surface area contributed by atoms with Crippen LogP contribution in [0.15, 0.2) is 54.7 Å². The van der Waals surface area contributed by atoms with E-state index in [0.717, 1.165) is 40.1 Å². The summed E-state index contributed by atoms with van der Waals surface area (Å²) in [4.78, 5) is 10.9. The normalized spacial score (nSPS) is 10.7. The summed E-state index contributed by atoms with van der Waals surface area (Å²) in [5.74, 6) is -0.0720. The average molecular weight is 372 g/mol. The zero-order chi connectivity index (χ0) is 18.4. The summed E-state index contributed by atoms with van der Waals surface area (Å²) in [6.45, 7) is 2.50. The second-order valence-corrected chi connectivity index (χ2v) is 6.13. The van der Waals surface area contributed by atoms with Gasteiger partial charge in [0.2, 0.25) is 12.2 Å². The minimum atomic E-state index is -0.826. The lowest BCUT2D eigenvalue weighted by Gasteiger charge is -2.08. The van der Waals surface area contributed by atoms with Crippen LogP contribution >= 0.6 is 12.2 Å². The lowest BCUT2D eigenvalue weighted by molar-refractivity contribution is -0.136. The van der Waals surface area contributed by atoms with Crippen molar-refractivity contribution >= 4 is 34.8 Å². The standard InChI is InChI=1S/C19H20N2O4S/c1-2-24-16-9-10-18-17(12-16)14(8-11-19(22)23)13-21(18)25-26-20-15-6-4-3-5-7-15/h3-7,9-10,12-13,20H,2,8,11H2,1H3,(H,22,23). The quantitative estimate of drug-likeness (QED) is 0.434. The molecular weight excluding hydrogens is 352 g/mol. The maximum atomic E-state index is 10.9. The van der Waals surface area contributed by atoms with Crippen LogP contribution in [0.25, 0.3) is 10.9 Å². The van der Waals surface area contributed by atoms with Crippen LogP contribution in [0, 0.1) is 0 Å². The topological polar surface area (TPSA) is 72.7 Å². The molecule has 0 atom stereocenters. The molecule has 0 aliphatic heterocycles. The van der Waals surface area contributed by atoms with Crippen molar-refractivity contribution in [1.29, 1.82) is 0 Å². The highest BCUT2D eigenvalue weighted by Crippen LogP contribution is 2.27. The largest absolute Gasteiger partial charge is 0.494 e. The number of carbonyl (C=O) groups is 1. The Hall–Kier alpha value is -2.80. The molecule has 0 saturated heterocycles. The molecular formula is C19H20N2O4S. The third-order valence-corrected chi connectivity index (χ3v) is 4.35. The zero-order valence-electron chi connectivity index (χ0n) is 14.3. The highest BCUT2D eigenvalue weighted by Gasteiger charge is 2.12. The Morgan fingerprint density at radius 3 is 2.77 bits per heavy atom. The number of ether oxygens (including phenoxy) is 1. The van der Waals surface area contributed by atoms with Crippen LogP contribution in [0.4, 0.5) is 5.69 Å². The highest BCUT2D eigenvalue weighted by atomic mass is 32.2. The number of aliphatic carboxylic acids is 1. The molecule has 1 aromatic heterocycles. The molecule has 3 aromatic rings. The number of aryl methyl sites for hydroxylation is 1. The summed E-state index contributed by atoms with van der Waals surface area (Å²) in [6, 6.07) is 15.4. The van der Waals surface area contributed by atoms with Crippen LogP contribution < -0.4 is 13.7 Å². The number of nitrogens with zero attached hydrogens (tertiary/aromatic N) is 1. The van der Waals surface area contributed by atoms with Crippen molar-refractivity contribution in [3.05, 3.63) is 60.3 Å². The highest BCUT2D eigenvalue weighted by molar-refractivity contribution is 7.96. The van der Waals surface area contributed by atoms with E-state index in [2.05, 4.69) is 4.72 Å². The third-order valence-electron chi connectivity index (χ3n) is 3.79. The molecule has 3 rings (SSSR count). The number of fused-ring (bicyclic) bond motifs is 1. The SMILES string of the molecule is CCOc1ccc2c(c1)c(CCC(=O)O)cn2OSNc1ccccc1. The number of anilines is 1. The molecule has 7 heteroatoms. The minimum absolute atomic E-state index is 0.0629. The van der Waals surface area contributed by atoms with Crippen LogP contribution in [-0.2, 0) is 11.2 Å². The summed E-state index contributed by atoms with van der Waals surface area (Å²) >= 11 is 1.09. The third kappa shape index (κ3) is 4.43. The Labute approximate surface area is 156 Å². The van der Waals surface area contributed by atoms with Crippen molar-refractivity contribution in [2.75, 3.05) is 11.3 Å². The molecule has 0 bridgehead atoms. The van der Waals surface area contributed by atoms with Gasteiger partial charge in [-0.25, -0.2) is 0 Å². The van der Waals surface area contributed by atoms with Crippen molar-refractivity contribution in [3.8, 4) is 5.75 Å². The Morgan fingerprint density at radius 1 is 1.23 bits per heavy atom. The molecule has 0 aliphatic rings. The molecule has 0 amide bonds. The van der Waals surface area contributed by atoms with E-state index in [0.29, 0.717) is 13.0 Å². The smallest absolute Gasteiger partial charge is 0.303 e. The molecule has 0 radical (unpaired) electrons. The first-order valence-electron chi connectivity index (χ1n) is 8.31. The Balaban J connectivity index is 1.80. The van der Waals surface area contributed by atoms with Crippen molar-refractivity contribution < 1.29 is 18.9 Å². The van der Waals surface area contributed by atoms with Gasteiger partial charge in [0.05, 0.1) is 12.1 Å². The number of para-hydroxylation sites is 1. The number of benzene rings is 2. The molecule has 0 unspecified atom stereocenters. The molecule has 6 nitrogen and oxygen atoms in total. The van der Waals surface area contributed by atoms with Gasteiger partial charge in [0.25, 0.3) is 0 Å². The fourth-order valence-corrected chi connectivity index (χ4v) is 3.09. The van der Waals surface area contributed by atoms with Crippen LogP contribution in [0.5, 0.6) is 5.75 Å². The van der Waals surface area contributed by atoms with Crippen molar-refractivity contribution in [2.24, 2.45) is 0 Å². The van der Waals surface area contributed by atoms with Gasteiger partial charge in [0.15, 0.2) is 0 Å². The van der Waals surface area contributed by atoms with Gasteiger partial charge >= 0.3 is 5.97 Å². The van der Waals surface area contributed by atoms with Gasteiger partial charge in [-0.05, 0) is 49.2 Å². The monoisotopic (exact) mass is 372 g/mol. The number of carboxylic acids is 1. The zero-order valence-corrected chi connectivity index (χ0v) is 15.2. The second kappa shape index (κ2) is 8.53. The number of rotatable bonds is 9. The first-order valence-corrected chi connectivity index (χ1v) is 9.05. The molecule has 2 N–H and O–H groups in total. The fraction of sp³-hybridized carbons (Fsp3) is 0.211. The predicted molar refractivity (Wildman–Crippen MR) is 103 cm³/mol. The molecule has 1 heterocycles. The van der Waals surface area contributed by atoms with E-state index in [1.54, 1.807) is 4.73 Å². The first kappa shape index (κ1) is 18.0. The maximum Gasteiger partial charge on any atom is 0.303 e. The van der Waals surface area contributed by atoms with Crippen molar-refractivity contribution in [2.45, 2.75) is 19.8 Å². The summed E-state index contributed by atoms with van der Waals surface area (Å²) < 4.78 is 16.0. The molecule has 26 heavy (non-hydrogen) atoms. The second-order valence-electron chi connectivity index (χ2n) is 5.61. The van der Waals surface area contributed by atoms with Gasteiger partial charge in [-0.3, -0.25) is 9.52 Å². The van der Waals surface area contributed by atoms with E-state index in [1.165, 1.54) is 0 Å².